The summed E-state index contributed by atoms with van der Waals surface area (Å²) in [6.07, 6.45) is 11.9. The van der Waals surface area contributed by atoms with Crippen molar-refractivity contribution < 1.29 is 66.9 Å². The predicted octanol–water partition coefficient (Wildman–Crippen LogP) is 6.53. The first-order valence-electron chi connectivity index (χ1n) is 35.0. The Morgan fingerprint density at radius 3 is 1.82 bits per heavy atom. The first-order valence-corrected chi connectivity index (χ1v) is 35.0. The summed E-state index contributed by atoms with van der Waals surface area (Å²) in [6, 6.07) is 2.99. The molecule has 1 saturated carbocycles. The van der Waals surface area contributed by atoms with Crippen LogP contribution >= 0.6 is 0 Å². The Labute approximate surface area is 561 Å². The predicted molar refractivity (Wildman–Crippen MR) is 361 cm³/mol. The standard InChI is InChI=1S/C70H120N10O14/c1-16-48(8)63(78(13)70(89)61(46(4)5)75-69(88)62(47(6)7)77(11)12)57(90-14)43-60(83)80-35-23-26-56(80)64(91-15)49(9)65(84)74-55(42-45(2)3)68(87)76-94-44-51-27-29-54(30-28-51)72-66(85)50(10)71-58(81)33-38-92-40-41-93-39-34-59(82)79-36-31-52(32-37-79)67(86)73-53-24-21-19-17-18-20-22-25-53/h27-30,45-50,52-53,55-57,61-64H,16-26,31-44H2,1-15H3,(H,71,81)(H,72,85)(H,73,86)(H,74,84)(H,75,88)(H,76,87)/t48-,49+,50+,55-,56-,57+,61-,62-,63-,64+/m0/s1. The number of rotatable bonds is 38. The van der Waals surface area contributed by atoms with Crippen LogP contribution in [0.2, 0.25) is 0 Å². The number of nitrogens with one attached hydrogen (secondary N) is 6. The summed E-state index contributed by atoms with van der Waals surface area (Å²) in [7, 11) is 8.44. The zero-order chi connectivity index (χ0) is 69.6. The van der Waals surface area contributed by atoms with Gasteiger partial charge in [0.05, 0.1) is 82.1 Å². The molecular weight excluding hydrogens is 1200 g/mol. The zero-order valence-corrected chi connectivity index (χ0v) is 59.7. The van der Waals surface area contributed by atoms with Crippen molar-refractivity contribution in [1.82, 2.24) is 46.3 Å². The van der Waals surface area contributed by atoms with Crippen molar-refractivity contribution >= 4 is 58.9 Å². The average molecular weight is 1330 g/mol. The van der Waals surface area contributed by atoms with Crippen LogP contribution < -0.4 is 32.1 Å². The highest BCUT2D eigenvalue weighted by atomic mass is 16.7. The summed E-state index contributed by atoms with van der Waals surface area (Å²) in [5.41, 5.74) is 3.64. The van der Waals surface area contributed by atoms with E-state index >= 15 is 0 Å². The minimum atomic E-state index is -0.962. The van der Waals surface area contributed by atoms with Crippen LogP contribution in [0.1, 0.15) is 184 Å². The number of carbonyl (C=O) groups is 9. The van der Waals surface area contributed by atoms with E-state index in [9.17, 15) is 43.2 Å². The second-order valence-corrected chi connectivity index (χ2v) is 27.7. The van der Waals surface area contributed by atoms with Gasteiger partial charge in [-0.1, -0.05) is 119 Å². The summed E-state index contributed by atoms with van der Waals surface area (Å²) >= 11 is 0. The lowest BCUT2D eigenvalue weighted by molar-refractivity contribution is -0.148. The molecule has 1 aromatic rings. The van der Waals surface area contributed by atoms with Crippen molar-refractivity contribution in [3.05, 3.63) is 29.8 Å². The molecule has 0 aromatic heterocycles. The smallest absolute Gasteiger partial charge is 0.266 e. The molecule has 24 nitrogen and oxygen atoms in total. The number of ether oxygens (including phenoxy) is 4. The summed E-state index contributed by atoms with van der Waals surface area (Å²) in [5, 5.41) is 14.7. The molecule has 3 aliphatic rings. The fourth-order valence-corrected chi connectivity index (χ4v) is 13.3. The molecule has 0 radical (unpaired) electrons. The van der Waals surface area contributed by atoms with Gasteiger partial charge in [0.1, 0.15) is 18.1 Å². The largest absolute Gasteiger partial charge is 0.379 e. The number of hydroxylamine groups is 1. The molecule has 3 fully saturated rings. The molecule has 10 atom stereocenters. The summed E-state index contributed by atoms with van der Waals surface area (Å²) in [4.78, 5) is 135. The van der Waals surface area contributed by atoms with E-state index in [0.717, 1.165) is 25.7 Å². The van der Waals surface area contributed by atoms with E-state index in [1.807, 2.05) is 79.3 Å². The third-order valence-corrected chi connectivity index (χ3v) is 18.9. The topological polar surface area (TPSA) is 285 Å². The van der Waals surface area contributed by atoms with Crippen LogP contribution in [0.15, 0.2) is 24.3 Å². The van der Waals surface area contributed by atoms with Crippen LogP contribution in [0.4, 0.5) is 5.69 Å². The summed E-state index contributed by atoms with van der Waals surface area (Å²) < 4.78 is 23.3. The molecule has 1 aromatic carbocycles. The number of methoxy groups -OCH3 is 2. The first-order chi connectivity index (χ1) is 44.7. The number of piperidine rings is 1. The van der Waals surface area contributed by atoms with Gasteiger partial charge in [0.25, 0.3) is 5.91 Å². The number of likely N-dealkylation sites (N-methyl/N-ethyl adjacent to an activating group) is 2. The van der Waals surface area contributed by atoms with Crippen molar-refractivity contribution in [1.29, 1.82) is 0 Å². The number of hydrogen-bond donors (Lipinski definition) is 6. The van der Waals surface area contributed by atoms with Gasteiger partial charge in [-0.15, -0.1) is 0 Å². The molecule has 0 unspecified atom stereocenters. The van der Waals surface area contributed by atoms with Gasteiger partial charge >= 0.3 is 0 Å². The minimum absolute atomic E-state index is 0.00747. The van der Waals surface area contributed by atoms with E-state index in [4.69, 9.17) is 23.8 Å². The van der Waals surface area contributed by atoms with Crippen molar-refractivity contribution in [3.63, 3.8) is 0 Å². The van der Waals surface area contributed by atoms with Gasteiger partial charge in [-0.05, 0) is 107 Å². The lowest BCUT2D eigenvalue weighted by atomic mass is 9.89. The number of carbonyl (C=O) groups excluding carboxylic acids is 9. The van der Waals surface area contributed by atoms with Gasteiger partial charge in [-0.2, -0.15) is 0 Å². The van der Waals surface area contributed by atoms with Gasteiger partial charge in [0.2, 0.25) is 47.3 Å². The fraction of sp³-hybridized carbons (Fsp3) is 0.786. The van der Waals surface area contributed by atoms with Gasteiger partial charge in [-0.25, -0.2) is 5.48 Å². The third-order valence-electron chi connectivity index (χ3n) is 18.9. The van der Waals surface area contributed by atoms with E-state index in [2.05, 4.69) is 32.1 Å². The maximum Gasteiger partial charge on any atom is 0.266 e. The number of hydrogen-bond acceptors (Lipinski definition) is 15. The zero-order valence-electron chi connectivity index (χ0n) is 59.7. The molecule has 0 bridgehead atoms. The van der Waals surface area contributed by atoms with E-state index in [1.165, 1.54) is 39.9 Å². The average Bonchev–Trinajstić information content (AvgIpc) is 1.76. The molecule has 4 rings (SSSR count). The van der Waals surface area contributed by atoms with Crippen molar-refractivity contribution in [2.24, 2.45) is 35.5 Å². The van der Waals surface area contributed by atoms with Gasteiger partial charge in [-0.3, -0.25) is 52.9 Å². The summed E-state index contributed by atoms with van der Waals surface area (Å²) in [5.74, 6) is -3.47. The number of amides is 9. The lowest BCUT2D eigenvalue weighted by Crippen LogP contribution is -2.59. The number of benzene rings is 1. The second kappa shape index (κ2) is 42.0. The van der Waals surface area contributed by atoms with E-state index in [0.29, 0.717) is 69.4 Å². The number of nitrogens with zero attached hydrogens (tertiary/aromatic N) is 4. The molecule has 6 N–H and O–H groups in total. The van der Waals surface area contributed by atoms with Crippen molar-refractivity contribution in [3.8, 4) is 0 Å². The number of anilines is 1. The minimum Gasteiger partial charge on any atom is -0.379 e. The van der Waals surface area contributed by atoms with Crippen LogP contribution in [-0.4, -0.2) is 209 Å². The fourth-order valence-electron chi connectivity index (χ4n) is 13.3. The van der Waals surface area contributed by atoms with Gasteiger partial charge < -0.3 is 60.2 Å². The van der Waals surface area contributed by atoms with Gasteiger partial charge in [0.15, 0.2) is 0 Å². The molecule has 2 saturated heterocycles. The summed E-state index contributed by atoms with van der Waals surface area (Å²) in [6.45, 7) is 21.3. The second-order valence-electron chi connectivity index (χ2n) is 27.7. The Kier molecular flexibility index (Phi) is 36.0. The molecule has 9 amide bonds. The molecule has 1 aliphatic carbocycles. The van der Waals surface area contributed by atoms with Crippen LogP contribution in [0.5, 0.6) is 0 Å². The Hall–Kier alpha value is -5.79. The Bertz CT molecular complexity index is 2490. The SMILES string of the molecule is CC[C@H](C)[C@@H]([C@@H](CC(=O)N1CCC[C@H]1[C@H](OC)[C@@H](C)C(=O)N[C@@H](CC(C)C)C(=O)NOCc1ccc(NC(=O)[C@@H](C)NC(=O)CCOCCOCCC(=O)N2CCC(C(=O)NC3CCCCCCCC3)CC2)cc1)OC)N(C)C(=O)[C@@H](NC(=O)[C@H](C(C)C)N(C)C)C(C)C. The first kappa shape index (κ1) is 80.6. The molecule has 534 valence electrons. The molecular formula is C70H120N10O14. The van der Waals surface area contributed by atoms with Crippen LogP contribution in [-0.2, 0) is 73.5 Å². The molecule has 94 heavy (non-hydrogen) atoms. The van der Waals surface area contributed by atoms with E-state index < -0.39 is 72.1 Å². The Morgan fingerprint density at radius 2 is 1.26 bits per heavy atom. The van der Waals surface area contributed by atoms with Crippen LogP contribution in [0, 0.1) is 35.5 Å². The van der Waals surface area contributed by atoms with E-state index in [-0.39, 0.29) is 123 Å². The lowest BCUT2D eigenvalue weighted by Gasteiger charge is -2.41. The van der Waals surface area contributed by atoms with Crippen molar-refractivity contribution in [2.45, 2.75) is 239 Å². The normalized spacial score (nSPS) is 18.9. The van der Waals surface area contributed by atoms with Crippen LogP contribution in [0.3, 0.4) is 0 Å². The van der Waals surface area contributed by atoms with Crippen LogP contribution in [0.25, 0.3) is 0 Å². The number of likely N-dealkylation sites (tertiary alicyclic amines) is 2. The molecule has 2 heterocycles. The third kappa shape index (κ3) is 26.3. The van der Waals surface area contributed by atoms with Crippen molar-refractivity contribution in [2.75, 3.05) is 86.7 Å². The molecule has 0 spiro atoms. The molecule has 24 heteroatoms. The van der Waals surface area contributed by atoms with E-state index in [1.54, 1.807) is 55.0 Å². The highest BCUT2D eigenvalue weighted by Crippen LogP contribution is 2.31. The highest BCUT2D eigenvalue weighted by Gasteiger charge is 2.44. The highest BCUT2D eigenvalue weighted by molar-refractivity contribution is 5.97. The maximum atomic E-state index is 14.5. The molecule has 2 aliphatic heterocycles. The van der Waals surface area contributed by atoms with Gasteiger partial charge in [0, 0.05) is 65.0 Å². The Balaban J connectivity index is 1.17. The Morgan fingerprint density at radius 1 is 0.638 bits per heavy atom. The quantitative estimate of drug-likeness (QED) is 0.0303. The monoisotopic (exact) mass is 1320 g/mol. The maximum absolute atomic E-state index is 14.5.